The second-order valence-electron chi connectivity index (χ2n) is 6.76. The molecule has 0 aliphatic rings. The number of nitrogens with one attached hydrogen (secondary N) is 1. The molecular formula is C21H20N4O3. The third-order valence-corrected chi connectivity index (χ3v) is 4.40. The van der Waals surface area contributed by atoms with Crippen LogP contribution in [0.25, 0.3) is 11.3 Å². The van der Waals surface area contributed by atoms with Crippen LogP contribution in [0, 0.1) is 0 Å². The molecule has 28 heavy (non-hydrogen) atoms. The molecule has 0 unspecified atom stereocenters. The van der Waals surface area contributed by atoms with Gasteiger partial charge in [-0.05, 0) is 32.0 Å². The van der Waals surface area contributed by atoms with Gasteiger partial charge in [-0.3, -0.25) is 14.4 Å². The minimum absolute atomic E-state index is 0.185. The van der Waals surface area contributed by atoms with Gasteiger partial charge >= 0.3 is 0 Å². The molecule has 0 bridgehead atoms. The SMILES string of the molecule is CC(C)(C(=O)Nc1ccccc1C(N)=O)n1nc(-c2ccccc2)ccc1=O. The van der Waals surface area contributed by atoms with Gasteiger partial charge in [0.05, 0.1) is 16.9 Å². The van der Waals surface area contributed by atoms with Crippen molar-refractivity contribution in [3.05, 3.63) is 82.6 Å². The van der Waals surface area contributed by atoms with Crippen LogP contribution in [0.2, 0.25) is 0 Å². The molecular weight excluding hydrogens is 356 g/mol. The van der Waals surface area contributed by atoms with Crippen LogP contribution in [-0.4, -0.2) is 21.6 Å². The number of anilines is 1. The molecule has 2 amide bonds. The Labute approximate surface area is 161 Å². The predicted molar refractivity (Wildman–Crippen MR) is 107 cm³/mol. The highest BCUT2D eigenvalue weighted by molar-refractivity contribution is 6.04. The first-order valence-corrected chi connectivity index (χ1v) is 8.67. The molecule has 1 aromatic heterocycles. The van der Waals surface area contributed by atoms with E-state index in [1.54, 1.807) is 38.1 Å². The minimum atomic E-state index is -1.31. The quantitative estimate of drug-likeness (QED) is 0.713. The summed E-state index contributed by atoms with van der Waals surface area (Å²) in [6.45, 7) is 3.16. The molecule has 0 aliphatic carbocycles. The predicted octanol–water partition coefficient (Wildman–Crippen LogP) is 2.38. The molecule has 3 N–H and O–H groups in total. The molecule has 7 heteroatoms. The Morgan fingerprint density at radius 1 is 0.964 bits per heavy atom. The Morgan fingerprint density at radius 2 is 1.61 bits per heavy atom. The number of carbonyl (C=O) groups excluding carboxylic acids is 2. The van der Waals surface area contributed by atoms with Gasteiger partial charge in [-0.25, -0.2) is 4.68 Å². The van der Waals surface area contributed by atoms with Crippen LogP contribution in [0.15, 0.2) is 71.5 Å². The number of benzene rings is 2. The monoisotopic (exact) mass is 376 g/mol. The number of aromatic nitrogens is 2. The lowest BCUT2D eigenvalue weighted by atomic mass is 10.0. The highest BCUT2D eigenvalue weighted by atomic mass is 16.2. The van der Waals surface area contributed by atoms with Crippen molar-refractivity contribution in [1.82, 2.24) is 9.78 Å². The van der Waals surface area contributed by atoms with Crippen molar-refractivity contribution in [3.63, 3.8) is 0 Å². The Kier molecular flexibility index (Phi) is 5.08. The lowest BCUT2D eigenvalue weighted by Gasteiger charge is -2.25. The van der Waals surface area contributed by atoms with Crippen LogP contribution >= 0.6 is 0 Å². The molecule has 3 aromatic rings. The van der Waals surface area contributed by atoms with Gasteiger partial charge in [0.25, 0.3) is 17.4 Å². The molecule has 0 atom stereocenters. The Hall–Kier alpha value is -3.74. The maximum Gasteiger partial charge on any atom is 0.267 e. The Balaban J connectivity index is 1.98. The highest BCUT2D eigenvalue weighted by Crippen LogP contribution is 2.21. The molecule has 0 saturated heterocycles. The van der Waals surface area contributed by atoms with E-state index in [1.807, 2.05) is 30.3 Å². The number of hydrogen-bond donors (Lipinski definition) is 2. The fourth-order valence-corrected chi connectivity index (χ4v) is 2.75. The zero-order chi connectivity index (χ0) is 20.3. The van der Waals surface area contributed by atoms with Gasteiger partial charge in [0.15, 0.2) is 0 Å². The lowest BCUT2D eigenvalue weighted by molar-refractivity contribution is -0.123. The minimum Gasteiger partial charge on any atom is -0.366 e. The van der Waals surface area contributed by atoms with E-state index in [1.165, 1.54) is 12.1 Å². The van der Waals surface area contributed by atoms with Crippen LogP contribution in [0.1, 0.15) is 24.2 Å². The fraction of sp³-hybridized carbons (Fsp3) is 0.143. The third kappa shape index (κ3) is 3.68. The van der Waals surface area contributed by atoms with Gasteiger partial charge in [-0.1, -0.05) is 42.5 Å². The number of para-hydroxylation sites is 1. The molecule has 0 radical (unpaired) electrons. The van der Waals surface area contributed by atoms with Crippen LogP contribution in [0.5, 0.6) is 0 Å². The zero-order valence-electron chi connectivity index (χ0n) is 15.5. The van der Waals surface area contributed by atoms with E-state index in [4.69, 9.17) is 5.73 Å². The van der Waals surface area contributed by atoms with Gasteiger partial charge in [-0.15, -0.1) is 0 Å². The third-order valence-electron chi connectivity index (χ3n) is 4.40. The largest absolute Gasteiger partial charge is 0.366 e. The summed E-state index contributed by atoms with van der Waals surface area (Å²) in [6, 6.07) is 18.8. The molecule has 2 aromatic carbocycles. The summed E-state index contributed by atoms with van der Waals surface area (Å²) >= 11 is 0. The van der Waals surface area contributed by atoms with Gasteiger partial charge in [0, 0.05) is 11.6 Å². The van der Waals surface area contributed by atoms with E-state index in [-0.39, 0.29) is 11.3 Å². The Bertz CT molecular complexity index is 1090. The summed E-state index contributed by atoms with van der Waals surface area (Å²) < 4.78 is 1.14. The maximum atomic E-state index is 12.9. The van der Waals surface area contributed by atoms with Gasteiger partial charge in [0.2, 0.25) is 0 Å². The number of nitrogens with two attached hydrogens (primary N) is 1. The van der Waals surface area contributed by atoms with Crippen LogP contribution in [-0.2, 0) is 10.3 Å². The first kappa shape index (κ1) is 19.0. The van der Waals surface area contributed by atoms with Crippen molar-refractivity contribution in [1.29, 1.82) is 0 Å². The lowest BCUT2D eigenvalue weighted by Crippen LogP contribution is -2.47. The molecule has 0 aliphatic heterocycles. The number of amides is 2. The second-order valence-corrected chi connectivity index (χ2v) is 6.76. The number of primary amides is 1. The van der Waals surface area contributed by atoms with Crippen molar-refractivity contribution in [2.75, 3.05) is 5.32 Å². The molecule has 0 spiro atoms. The number of rotatable bonds is 5. The number of nitrogens with zero attached hydrogens (tertiary/aromatic N) is 2. The standard InChI is InChI=1S/C21H20N4O3/c1-21(2,20(28)23-17-11-7-6-10-15(17)19(22)27)25-18(26)13-12-16(24-25)14-8-4-3-5-9-14/h3-13H,1-2H3,(H2,22,27)(H,23,28). The maximum absolute atomic E-state index is 12.9. The van der Waals surface area contributed by atoms with Crippen molar-refractivity contribution in [2.24, 2.45) is 5.73 Å². The number of hydrogen-bond acceptors (Lipinski definition) is 4. The summed E-state index contributed by atoms with van der Waals surface area (Å²) in [4.78, 5) is 37.0. The summed E-state index contributed by atoms with van der Waals surface area (Å²) in [6.07, 6.45) is 0. The van der Waals surface area contributed by atoms with E-state index >= 15 is 0 Å². The summed E-state index contributed by atoms with van der Waals surface area (Å²) in [5.41, 5.74) is 5.49. The average Bonchev–Trinajstić information content (AvgIpc) is 2.69. The highest BCUT2D eigenvalue weighted by Gasteiger charge is 2.33. The molecule has 1 heterocycles. The molecule has 0 fully saturated rings. The van der Waals surface area contributed by atoms with Crippen LogP contribution in [0.4, 0.5) is 5.69 Å². The van der Waals surface area contributed by atoms with E-state index in [9.17, 15) is 14.4 Å². The van der Waals surface area contributed by atoms with E-state index < -0.39 is 22.9 Å². The van der Waals surface area contributed by atoms with Crippen LogP contribution in [0.3, 0.4) is 0 Å². The second kappa shape index (κ2) is 7.48. The van der Waals surface area contributed by atoms with Gasteiger partial charge in [0.1, 0.15) is 5.54 Å². The van der Waals surface area contributed by atoms with Crippen LogP contribution < -0.4 is 16.6 Å². The van der Waals surface area contributed by atoms with E-state index in [0.29, 0.717) is 5.69 Å². The molecule has 0 saturated carbocycles. The first-order chi connectivity index (χ1) is 13.3. The van der Waals surface area contributed by atoms with Gasteiger partial charge in [-0.2, -0.15) is 5.10 Å². The van der Waals surface area contributed by atoms with Crippen molar-refractivity contribution in [2.45, 2.75) is 19.4 Å². The molecule has 142 valence electrons. The van der Waals surface area contributed by atoms with Crippen molar-refractivity contribution < 1.29 is 9.59 Å². The molecule has 7 nitrogen and oxygen atoms in total. The number of carbonyl (C=O) groups is 2. The average molecular weight is 376 g/mol. The normalized spacial score (nSPS) is 11.1. The van der Waals surface area contributed by atoms with E-state index in [0.717, 1.165) is 10.2 Å². The topological polar surface area (TPSA) is 107 Å². The molecule has 3 rings (SSSR count). The first-order valence-electron chi connectivity index (χ1n) is 8.67. The fourth-order valence-electron chi connectivity index (χ4n) is 2.75. The Morgan fingerprint density at radius 3 is 2.29 bits per heavy atom. The summed E-state index contributed by atoms with van der Waals surface area (Å²) in [7, 11) is 0. The smallest absolute Gasteiger partial charge is 0.267 e. The zero-order valence-corrected chi connectivity index (χ0v) is 15.5. The summed E-state index contributed by atoms with van der Waals surface area (Å²) in [5, 5.41) is 7.06. The van der Waals surface area contributed by atoms with E-state index in [2.05, 4.69) is 10.4 Å². The van der Waals surface area contributed by atoms with Crippen molar-refractivity contribution in [3.8, 4) is 11.3 Å². The summed E-state index contributed by atoms with van der Waals surface area (Å²) in [5.74, 6) is -1.16. The van der Waals surface area contributed by atoms with Crippen molar-refractivity contribution >= 4 is 17.5 Å². The van der Waals surface area contributed by atoms with Gasteiger partial charge < -0.3 is 11.1 Å².